The maximum atomic E-state index is 12.6. The number of nitrogens with zero attached hydrogens (tertiary/aromatic N) is 2. The van der Waals surface area contributed by atoms with Gasteiger partial charge in [0, 0.05) is 12.8 Å². The predicted octanol–water partition coefficient (Wildman–Crippen LogP) is 6.75. The average Bonchev–Trinajstić information content (AvgIpc) is 3.49. The van der Waals surface area contributed by atoms with E-state index < -0.39 is 0 Å². The van der Waals surface area contributed by atoms with Crippen LogP contribution >= 0.6 is 22.7 Å². The molecule has 0 radical (unpaired) electrons. The van der Waals surface area contributed by atoms with Gasteiger partial charge < -0.3 is 0 Å². The van der Waals surface area contributed by atoms with E-state index in [1.54, 1.807) is 22.7 Å². The van der Waals surface area contributed by atoms with Gasteiger partial charge in [0.25, 0.3) is 0 Å². The van der Waals surface area contributed by atoms with Crippen LogP contribution in [0.3, 0.4) is 0 Å². The number of hydrogen-bond donors (Lipinski definition) is 0. The van der Waals surface area contributed by atoms with E-state index in [1.807, 2.05) is 54.6 Å². The summed E-state index contributed by atoms with van der Waals surface area (Å²) in [5.74, 6) is 0.199. The number of Topliss-reactive ketones (excluding diaryl/α,β-unsaturated/α-hetero) is 1. The fourth-order valence-electron chi connectivity index (χ4n) is 3.60. The minimum atomic E-state index is 0.199. The van der Waals surface area contributed by atoms with E-state index in [0.29, 0.717) is 12.8 Å². The standard InChI is InChI=1S/C26H20N2OS2/c1-17-6-8-18(9-7-17)14-20(29)15-19-10-11-21-22(16-19)28-26(24-5-3-13-31-24)25(27-21)23-4-2-12-30-23/h2-13,16H,14-15H2,1H3. The molecule has 5 heteroatoms. The number of carbonyl (C=O) groups is 1. The quantitative estimate of drug-likeness (QED) is 0.293. The summed E-state index contributed by atoms with van der Waals surface area (Å²) in [5, 5.41) is 4.11. The lowest BCUT2D eigenvalue weighted by Gasteiger charge is -2.09. The van der Waals surface area contributed by atoms with Crippen molar-refractivity contribution in [3.05, 3.63) is 94.2 Å². The molecule has 3 nitrogen and oxygen atoms in total. The molecule has 0 fully saturated rings. The Hall–Kier alpha value is -3.15. The van der Waals surface area contributed by atoms with Crippen molar-refractivity contribution in [2.24, 2.45) is 0 Å². The van der Waals surface area contributed by atoms with Crippen LogP contribution in [0.25, 0.3) is 32.2 Å². The number of hydrogen-bond acceptors (Lipinski definition) is 5. The predicted molar refractivity (Wildman–Crippen MR) is 130 cm³/mol. The van der Waals surface area contributed by atoms with Gasteiger partial charge in [-0.1, -0.05) is 48.0 Å². The fraction of sp³-hybridized carbons (Fsp3) is 0.115. The van der Waals surface area contributed by atoms with Crippen molar-refractivity contribution in [1.82, 2.24) is 9.97 Å². The van der Waals surface area contributed by atoms with Crippen LogP contribution in [0.4, 0.5) is 0 Å². The number of aromatic nitrogens is 2. The van der Waals surface area contributed by atoms with Crippen LogP contribution in [0.15, 0.2) is 77.5 Å². The molecule has 0 bridgehead atoms. The summed E-state index contributed by atoms with van der Waals surface area (Å²) in [6.07, 6.45) is 0.842. The molecule has 0 unspecified atom stereocenters. The van der Waals surface area contributed by atoms with E-state index in [-0.39, 0.29) is 5.78 Å². The van der Waals surface area contributed by atoms with Crippen molar-refractivity contribution in [2.75, 3.05) is 0 Å². The summed E-state index contributed by atoms with van der Waals surface area (Å²) in [7, 11) is 0. The largest absolute Gasteiger partial charge is 0.299 e. The van der Waals surface area contributed by atoms with Gasteiger partial charge in [-0.15, -0.1) is 22.7 Å². The van der Waals surface area contributed by atoms with E-state index in [9.17, 15) is 4.79 Å². The Bertz CT molecular complexity index is 1340. The maximum Gasteiger partial charge on any atom is 0.141 e. The summed E-state index contributed by atoms with van der Waals surface area (Å²) in [6, 6.07) is 22.3. The summed E-state index contributed by atoms with van der Waals surface area (Å²) >= 11 is 3.33. The number of fused-ring (bicyclic) bond motifs is 1. The van der Waals surface area contributed by atoms with Crippen LogP contribution in [0.5, 0.6) is 0 Å². The Morgan fingerprint density at radius 2 is 1.32 bits per heavy atom. The molecule has 5 rings (SSSR count). The lowest BCUT2D eigenvalue weighted by Crippen LogP contribution is -2.06. The third-order valence-corrected chi connectivity index (χ3v) is 6.91. The average molecular weight is 441 g/mol. The molecule has 3 heterocycles. The van der Waals surface area contributed by atoms with Crippen LogP contribution in [-0.4, -0.2) is 15.8 Å². The zero-order chi connectivity index (χ0) is 21.2. The molecule has 0 amide bonds. The van der Waals surface area contributed by atoms with Gasteiger partial charge in [0.1, 0.15) is 17.2 Å². The zero-order valence-electron chi connectivity index (χ0n) is 17.0. The van der Waals surface area contributed by atoms with E-state index in [1.165, 1.54) is 5.56 Å². The molecular formula is C26H20N2OS2. The van der Waals surface area contributed by atoms with E-state index >= 15 is 0 Å². The lowest BCUT2D eigenvalue weighted by molar-refractivity contribution is -0.117. The molecule has 0 aliphatic heterocycles. The minimum Gasteiger partial charge on any atom is -0.299 e. The van der Waals surface area contributed by atoms with Gasteiger partial charge in [0.05, 0.1) is 20.8 Å². The fourth-order valence-corrected chi connectivity index (χ4v) is 5.03. The Balaban J connectivity index is 1.47. The van der Waals surface area contributed by atoms with Crippen molar-refractivity contribution >= 4 is 39.5 Å². The third-order valence-electron chi connectivity index (χ3n) is 5.16. The second-order valence-electron chi connectivity index (χ2n) is 7.58. The molecular weight excluding hydrogens is 420 g/mol. The van der Waals surface area contributed by atoms with Crippen LogP contribution < -0.4 is 0 Å². The molecule has 3 aromatic heterocycles. The SMILES string of the molecule is Cc1ccc(CC(=O)Cc2ccc3nc(-c4cccs4)c(-c4cccs4)nc3c2)cc1. The van der Waals surface area contributed by atoms with Crippen molar-refractivity contribution in [2.45, 2.75) is 19.8 Å². The van der Waals surface area contributed by atoms with Gasteiger partial charge >= 0.3 is 0 Å². The van der Waals surface area contributed by atoms with E-state index in [0.717, 1.165) is 43.3 Å². The topological polar surface area (TPSA) is 42.9 Å². The number of rotatable bonds is 6. The van der Waals surface area contributed by atoms with Crippen LogP contribution in [-0.2, 0) is 17.6 Å². The molecule has 0 saturated heterocycles. The van der Waals surface area contributed by atoms with Gasteiger partial charge in [-0.2, -0.15) is 0 Å². The number of thiophene rings is 2. The first-order chi connectivity index (χ1) is 15.2. The van der Waals surface area contributed by atoms with Crippen molar-refractivity contribution in [3.8, 4) is 21.1 Å². The third kappa shape index (κ3) is 4.33. The molecule has 0 saturated carbocycles. The molecule has 0 spiro atoms. The molecule has 0 aliphatic carbocycles. The first-order valence-electron chi connectivity index (χ1n) is 10.1. The number of ketones is 1. The molecule has 31 heavy (non-hydrogen) atoms. The van der Waals surface area contributed by atoms with Gasteiger partial charge in [0.15, 0.2) is 0 Å². The molecule has 0 aliphatic rings. The second kappa shape index (κ2) is 8.53. The highest BCUT2D eigenvalue weighted by atomic mass is 32.1. The molecule has 0 N–H and O–H groups in total. The van der Waals surface area contributed by atoms with Crippen LogP contribution in [0, 0.1) is 6.92 Å². The Labute approximate surface area is 189 Å². The van der Waals surface area contributed by atoms with Gasteiger partial charge in [-0.25, -0.2) is 9.97 Å². The molecule has 5 aromatic rings. The Morgan fingerprint density at radius 3 is 1.94 bits per heavy atom. The molecule has 0 atom stereocenters. The smallest absolute Gasteiger partial charge is 0.141 e. The first kappa shape index (κ1) is 19.8. The maximum absolute atomic E-state index is 12.6. The summed E-state index contributed by atoms with van der Waals surface area (Å²) in [5.41, 5.74) is 6.70. The van der Waals surface area contributed by atoms with Gasteiger partial charge in [-0.05, 0) is 53.1 Å². The van der Waals surface area contributed by atoms with E-state index in [2.05, 4.69) is 29.8 Å². The van der Waals surface area contributed by atoms with Crippen molar-refractivity contribution in [3.63, 3.8) is 0 Å². The highest BCUT2D eigenvalue weighted by Crippen LogP contribution is 2.35. The van der Waals surface area contributed by atoms with Crippen LogP contribution in [0.1, 0.15) is 16.7 Å². The van der Waals surface area contributed by atoms with Gasteiger partial charge in [-0.3, -0.25) is 4.79 Å². The van der Waals surface area contributed by atoms with E-state index in [4.69, 9.17) is 9.97 Å². The summed E-state index contributed by atoms with van der Waals surface area (Å²) < 4.78 is 0. The Kier molecular flexibility index (Phi) is 5.45. The number of aryl methyl sites for hydroxylation is 1. The van der Waals surface area contributed by atoms with Gasteiger partial charge in [0.2, 0.25) is 0 Å². The second-order valence-corrected chi connectivity index (χ2v) is 9.47. The minimum absolute atomic E-state index is 0.199. The molecule has 2 aromatic carbocycles. The van der Waals surface area contributed by atoms with Crippen molar-refractivity contribution in [1.29, 1.82) is 0 Å². The highest BCUT2D eigenvalue weighted by molar-refractivity contribution is 7.14. The summed E-state index contributed by atoms with van der Waals surface area (Å²) in [4.78, 5) is 24.8. The number of carbonyl (C=O) groups excluding carboxylic acids is 1. The molecule has 152 valence electrons. The van der Waals surface area contributed by atoms with Crippen LogP contribution in [0.2, 0.25) is 0 Å². The van der Waals surface area contributed by atoms with Crippen molar-refractivity contribution < 1.29 is 4.79 Å². The highest BCUT2D eigenvalue weighted by Gasteiger charge is 2.15. The zero-order valence-corrected chi connectivity index (χ0v) is 18.7. The monoisotopic (exact) mass is 440 g/mol. The lowest BCUT2D eigenvalue weighted by atomic mass is 10.0. The number of benzene rings is 2. The summed E-state index contributed by atoms with van der Waals surface area (Å²) in [6.45, 7) is 2.05. The Morgan fingerprint density at radius 1 is 0.742 bits per heavy atom. The first-order valence-corrected chi connectivity index (χ1v) is 11.9. The normalized spacial score (nSPS) is 11.1.